The second-order valence-electron chi connectivity index (χ2n) is 5.24. The second-order valence-corrected chi connectivity index (χ2v) is 5.24. The largest absolute Gasteiger partial charge is 0.548 e. The van der Waals surface area contributed by atoms with E-state index in [9.17, 15) is 27.9 Å². The highest BCUT2D eigenvalue weighted by molar-refractivity contribution is 5.92. The third-order valence-electron chi connectivity index (χ3n) is 3.32. The summed E-state index contributed by atoms with van der Waals surface area (Å²) in [5, 5.41) is 15.5. The van der Waals surface area contributed by atoms with Crippen LogP contribution < -0.4 is 15.7 Å². The van der Waals surface area contributed by atoms with Crippen molar-refractivity contribution in [3.8, 4) is 0 Å². The highest BCUT2D eigenvalue weighted by atomic mass is 19.4. The van der Waals surface area contributed by atoms with Gasteiger partial charge in [0.1, 0.15) is 0 Å². The number of rotatable bonds is 5. The van der Waals surface area contributed by atoms with Gasteiger partial charge in [0.05, 0.1) is 17.6 Å². The number of alkyl halides is 3. The Kier molecular flexibility index (Phi) is 5.63. The molecule has 2 amide bonds. The summed E-state index contributed by atoms with van der Waals surface area (Å²) in [6, 6.07) is 10.3. The van der Waals surface area contributed by atoms with Gasteiger partial charge in [-0.3, -0.25) is 0 Å². The van der Waals surface area contributed by atoms with Gasteiger partial charge in [-0.05, 0) is 30.2 Å². The molecule has 132 valence electrons. The molecule has 8 heteroatoms. The van der Waals surface area contributed by atoms with Gasteiger partial charge in [-0.1, -0.05) is 36.4 Å². The fourth-order valence-electron chi connectivity index (χ4n) is 2.14. The topological polar surface area (TPSA) is 81.3 Å². The lowest BCUT2D eigenvalue weighted by molar-refractivity contribution is -0.308. The standard InChI is InChI=1S/C17H15F3N2O3/c18-17(19,20)12-7-4-8-13(10-12)21-16(25)22-14(15(23)24)9-11-5-2-1-3-6-11/h1-8,10,14H,9H2,(H,23,24)(H2,21,22,25)/p-1/t14-/m0/s1. The van der Waals surface area contributed by atoms with Crippen LogP contribution in [0.2, 0.25) is 0 Å². The van der Waals surface area contributed by atoms with Crippen LogP contribution in [0.25, 0.3) is 0 Å². The number of aliphatic carboxylic acids is 1. The van der Waals surface area contributed by atoms with Crippen LogP contribution >= 0.6 is 0 Å². The molecule has 0 saturated carbocycles. The van der Waals surface area contributed by atoms with Crippen molar-refractivity contribution in [3.05, 3.63) is 65.7 Å². The number of amides is 2. The maximum atomic E-state index is 12.6. The van der Waals surface area contributed by atoms with Crippen LogP contribution in [0.5, 0.6) is 0 Å². The average Bonchev–Trinajstić information content (AvgIpc) is 2.54. The first kappa shape index (κ1) is 18.3. The summed E-state index contributed by atoms with van der Waals surface area (Å²) in [6.45, 7) is 0. The average molecular weight is 351 g/mol. The highest BCUT2D eigenvalue weighted by Crippen LogP contribution is 2.30. The molecule has 0 unspecified atom stereocenters. The zero-order valence-corrected chi connectivity index (χ0v) is 12.8. The van der Waals surface area contributed by atoms with E-state index in [-0.39, 0.29) is 12.1 Å². The number of hydrogen-bond acceptors (Lipinski definition) is 3. The lowest BCUT2D eigenvalue weighted by Gasteiger charge is -2.20. The summed E-state index contributed by atoms with van der Waals surface area (Å²) >= 11 is 0. The minimum Gasteiger partial charge on any atom is -0.548 e. The van der Waals surface area contributed by atoms with Gasteiger partial charge in [-0.25, -0.2) is 4.79 Å². The molecule has 2 rings (SSSR count). The first-order valence-corrected chi connectivity index (χ1v) is 7.25. The molecule has 0 heterocycles. The van der Waals surface area contributed by atoms with Crippen LogP contribution in [0.1, 0.15) is 11.1 Å². The Labute approximate surface area is 141 Å². The molecule has 2 aromatic carbocycles. The monoisotopic (exact) mass is 351 g/mol. The first-order valence-electron chi connectivity index (χ1n) is 7.25. The molecular weight excluding hydrogens is 337 g/mol. The molecule has 5 nitrogen and oxygen atoms in total. The second kappa shape index (κ2) is 7.69. The van der Waals surface area contributed by atoms with Crippen molar-refractivity contribution in [2.75, 3.05) is 5.32 Å². The maximum absolute atomic E-state index is 12.6. The lowest BCUT2D eigenvalue weighted by atomic mass is 10.1. The number of carboxylic acids is 1. The molecule has 0 radical (unpaired) electrons. The predicted molar refractivity (Wildman–Crippen MR) is 82.5 cm³/mol. The molecule has 0 fully saturated rings. The van der Waals surface area contributed by atoms with Gasteiger partial charge < -0.3 is 20.5 Å². The highest BCUT2D eigenvalue weighted by Gasteiger charge is 2.30. The van der Waals surface area contributed by atoms with Crippen molar-refractivity contribution < 1.29 is 27.9 Å². The fourth-order valence-corrected chi connectivity index (χ4v) is 2.14. The van der Waals surface area contributed by atoms with Crippen LogP contribution in [0.4, 0.5) is 23.7 Å². The SMILES string of the molecule is O=C(Nc1cccc(C(F)(F)F)c1)N[C@@H](Cc1ccccc1)C(=O)[O-]. The Morgan fingerprint density at radius 2 is 1.72 bits per heavy atom. The van der Waals surface area contributed by atoms with Crippen molar-refractivity contribution in [3.63, 3.8) is 0 Å². The number of anilines is 1. The molecule has 0 aliphatic carbocycles. The number of benzene rings is 2. The maximum Gasteiger partial charge on any atom is 0.416 e. The summed E-state index contributed by atoms with van der Waals surface area (Å²) in [4.78, 5) is 23.1. The van der Waals surface area contributed by atoms with Crippen molar-refractivity contribution in [1.82, 2.24) is 5.32 Å². The van der Waals surface area contributed by atoms with Crippen molar-refractivity contribution in [2.24, 2.45) is 0 Å². The number of carbonyl (C=O) groups excluding carboxylic acids is 2. The molecule has 0 aliphatic heterocycles. The molecule has 25 heavy (non-hydrogen) atoms. The summed E-state index contributed by atoms with van der Waals surface area (Å²) in [5.41, 5.74) is -0.369. The summed E-state index contributed by atoms with van der Waals surface area (Å²) in [6.07, 6.45) is -4.56. The molecule has 1 atom stereocenters. The normalized spacial score (nSPS) is 12.3. The van der Waals surface area contributed by atoms with E-state index in [1.165, 1.54) is 6.07 Å². The van der Waals surface area contributed by atoms with Crippen molar-refractivity contribution in [2.45, 2.75) is 18.6 Å². The van der Waals surface area contributed by atoms with Gasteiger partial charge in [0, 0.05) is 5.69 Å². The Morgan fingerprint density at radius 3 is 2.32 bits per heavy atom. The van der Waals surface area contributed by atoms with E-state index in [2.05, 4.69) is 10.6 Å². The molecule has 0 aliphatic rings. The molecular formula is C17H14F3N2O3-. The smallest absolute Gasteiger partial charge is 0.416 e. The van der Waals surface area contributed by atoms with Crippen molar-refractivity contribution >= 4 is 17.7 Å². The third kappa shape index (κ3) is 5.52. The predicted octanol–water partition coefficient (Wildman–Crippen LogP) is 2.19. The number of carbonyl (C=O) groups is 2. The van der Waals surface area contributed by atoms with Gasteiger partial charge in [-0.15, -0.1) is 0 Å². The van der Waals surface area contributed by atoms with Gasteiger partial charge >= 0.3 is 12.2 Å². The minimum absolute atomic E-state index is 0.0147. The van der Waals surface area contributed by atoms with E-state index >= 15 is 0 Å². The molecule has 0 bridgehead atoms. The number of halogens is 3. The van der Waals surface area contributed by atoms with E-state index < -0.39 is 29.8 Å². The number of hydrogen-bond donors (Lipinski definition) is 2. The Balaban J connectivity index is 2.03. The van der Waals surface area contributed by atoms with Gasteiger partial charge in [0.25, 0.3) is 0 Å². The van der Waals surface area contributed by atoms with Gasteiger partial charge in [0.15, 0.2) is 0 Å². The quantitative estimate of drug-likeness (QED) is 0.866. The zero-order chi connectivity index (χ0) is 18.4. The molecule has 2 aromatic rings. The van der Waals surface area contributed by atoms with Crippen LogP contribution in [0.15, 0.2) is 54.6 Å². The van der Waals surface area contributed by atoms with Crippen LogP contribution in [-0.2, 0) is 17.4 Å². The van der Waals surface area contributed by atoms with E-state index in [4.69, 9.17) is 0 Å². The van der Waals surface area contributed by atoms with E-state index in [1.807, 2.05) is 0 Å². The zero-order valence-electron chi connectivity index (χ0n) is 12.8. The summed E-state index contributed by atoms with van der Waals surface area (Å²) < 4.78 is 37.9. The van der Waals surface area contributed by atoms with Crippen LogP contribution in [0.3, 0.4) is 0 Å². The number of urea groups is 1. The number of nitrogens with one attached hydrogen (secondary N) is 2. The van der Waals surface area contributed by atoms with Crippen molar-refractivity contribution in [1.29, 1.82) is 0 Å². The lowest BCUT2D eigenvalue weighted by Crippen LogP contribution is -2.50. The first-order chi connectivity index (χ1) is 11.8. The molecule has 0 aromatic heterocycles. The molecule has 2 N–H and O–H groups in total. The summed E-state index contributed by atoms with van der Waals surface area (Å²) in [5.74, 6) is -1.50. The minimum atomic E-state index is -4.55. The Bertz CT molecular complexity index is 748. The molecule has 0 spiro atoms. The van der Waals surface area contributed by atoms with E-state index in [0.29, 0.717) is 5.56 Å². The fraction of sp³-hybridized carbons (Fsp3) is 0.176. The molecule has 0 saturated heterocycles. The Hall–Kier alpha value is -3.03. The Morgan fingerprint density at radius 1 is 1.04 bits per heavy atom. The van der Waals surface area contributed by atoms with E-state index in [0.717, 1.165) is 18.2 Å². The summed E-state index contributed by atoms with van der Waals surface area (Å²) in [7, 11) is 0. The van der Waals surface area contributed by atoms with Crippen LogP contribution in [0, 0.1) is 0 Å². The third-order valence-corrected chi connectivity index (χ3v) is 3.32. The number of carboxylic acid groups (broad SMARTS) is 1. The van der Waals surface area contributed by atoms with Gasteiger partial charge in [-0.2, -0.15) is 13.2 Å². The van der Waals surface area contributed by atoms with E-state index in [1.54, 1.807) is 30.3 Å². The van der Waals surface area contributed by atoms with Gasteiger partial charge in [0.2, 0.25) is 0 Å². The van der Waals surface area contributed by atoms with Crippen LogP contribution in [-0.4, -0.2) is 18.0 Å².